The largest absolute Gasteiger partial charge is 3.00 e. The predicted molar refractivity (Wildman–Crippen MR) is 261 cm³/mol. The number of fused-ring (bicyclic) bond motifs is 9. The van der Waals surface area contributed by atoms with E-state index in [0.29, 0.717) is 35.5 Å². The third kappa shape index (κ3) is 9.40. The Morgan fingerprint density at radius 2 is 0.687 bits per heavy atom. The summed E-state index contributed by atoms with van der Waals surface area (Å²) in [7, 11) is 0. The molecular weight excluding hydrogens is 869 g/mol. The Morgan fingerprint density at radius 3 is 0.896 bits per heavy atom. The second-order valence-corrected chi connectivity index (χ2v) is 25.6. The van der Waals surface area contributed by atoms with Crippen LogP contribution >= 0.6 is 0 Å². The molecule has 3 saturated carbocycles. The summed E-state index contributed by atoms with van der Waals surface area (Å²) in [5, 5.41) is 35.5. The van der Waals surface area contributed by atoms with Crippen LogP contribution in [-0.2, 0) is 31.7 Å². The summed E-state index contributed by atoms with van der Waals surface area (Å²) in [5.74, 6) is 1.61. The van der Waals surface area contributed by atoms with Crippen molar-refractivity contribution in [3.05, 3.63) is 69.9 Å². The molecule has 0 aromatic heterocycles. The van der Waals surface area contributed by atoms with E-state index in [0.717, 1.165) is 77.0 Å². The molecule has 0 aliphatic heterocycles. The fraction of sp³-hybridized carbons (Fsp3) is 0.750. The summed E-state index contributed by atoms with van der Waals surface area (Å²) in [6.45, 7) is 26.5. The number of hydrogen-bond donors (Lipinski definition) is 0. The normalized spacial score (nSPS) is 40.7. The van der Waals surface area contributed by atoms with E-state index in [-0.39, 0.29) is 51.4 Å². The van der Waals surface area contributed by atoms with Crippen LogP contribution < -0.4 is 15.3 Å². The van der Waals surface area contributed by atoms with Crippen molar-refractivity contribution in [2.45, 2.75) is 199 Å². The van der Waals surface area contributed by atoms with Gasteiger partial charge in [-0.1, -0.05) is 156 Å². The van der Waals surface area contributed by atoms with Crippen LogP contribution in [0.1, 0.15) is 199 Å². The van der Waals surface area contributed by atoms with E-state index in [9.17, 15) is 29.7 Å². The Bertz CT molecular complexity index is 1870. The molecular formula is C60H87CrO6. The van der Waals surface area contributed by atoms with Crippen molar-refractivity contribution in [3.8, 4) is 0 Å². The van der Waals surface area contributed by atoms with Gasteiger partial charge < -0.3 is 29.7 Å². The fourth-order valence-electron chi connectivity index (χ4n) is 16.8. The molecule has 0 spiro atoms. The summed E-state index contributed by atoms with van der Waals surface area (Å²) >= 11 is 0. The minimum atomic E-state index is -0.838. The molecule has 0 aromatic rings. The van der Waals surface area contributed by atoms with Crippen LogP contribution in [0.2, 0.25) is 0 Å². The number of hydrogen-bond acceptors (Lipinski definition) is 6. The molecule has 0 aromatic carbocycles. The standard InChI is InChI=1S/3C20H30O2.Cr/c3*1-13(2)14-6-8-16-15(12-14)7-9-17-19(16,3)10-5-11-20(17,4)18(21)22;/h3*7,12-13,16-17H,5-6,8-11H2,1-4H3,(H,21,22);/q;;;+3/p-3/t3*16-,17+,19+,20+;/m000./s1. The molecule has 1 radical (unpaired) electrons. The van der Waals surface area contributed by atoms with Gasteiger partial charge in [0.25, 0.3) is 0 Å². The van der Waals surface area contributed by atoms with Gasteiger partial charge >= 0.3 is 17.4 Å². The molecule has 0 saturated heterocycles. The minimum Gasteiger partial charge on any atom is -0.550 e. The molecule has 7 heteroatoms. The quantitative estimate of drug-likeness (QED) is 0.261. The van der Waals surface area contributed by atoms with E-state index in [1.807, 2.05) is 20.8 Å². The number of carboxylic acid groups (broad SMARTS) is 3. The van der Waals surface area contributed by atoms with Crippen molar-refractivity contribution in [2.75, 3.05) is 0 Å². The van der Waals surface area contributed by atoms with Crippen LogP contribution in [0.25, 0.3) is 0 Å². The van der Waals surface area contributed by atoms with Crippen molar-refractivity contribution in [3.63, 3.8) is 0 Å². The first kappa shape index (κ1) is 53.7. The number of carbonyl (C=O) groups is 3. The van der Waals surface area contributed by atoms with Gasteiger partial charge in [0.1, 0.15) is 0 Å². The Kier molecular flexibility index (Phi) is 15.9. The molecule has 67 heavy (non-hydrogen) atoms. The fourth-order valence-corrected chi connectivity index (χ4v) is 16.8. The van der Waals surface area contributed by atoms with Crippen molar-refractivity contribution in [2.24, 2.45) is 85.8 Å². The molecule has 0 heterocycles. The number of rotatable bonds is 6. The summed E-state index contributed by atoms with van der Waals surface area (Å²) in [4.78, 5) is 35.5. The van der Waals surface area contributed by atoms with Crippen LogP contribution in [0.3, 0.4) is 0 Å². The van der Waals surface area contributed by atoms with Crippen LogP contribution in [-0.4, -0.2) is 17.9 Å². The summed E-state index contributed by atoms with van der Waals surface area (Å²) in [6.07, 6.45) is 32.9. The number of allylic oxidation sites excluding steroid dienone is 12. The van der Waals surface area contributed by atoms with E-state index in [1.54, 1.807) is 16.7 Å². The third-order valence-corrected chi connectivity index (χ3v) is 21.1. The molecule has 3 fully saturated rings. The molecule has 0 bridgehead atoms. The zero-order chi connectivity index (χ0) is 48.4. The molecule has 9 aliphatic rings. The van der Waals surface area contributed by atoms with Gasteiger partial charge in [-0.2, -0.15) is 0 Å². The van der Waals surface area contributed by atoms with Crippen molar-refractivity contribution in [1.29, 1.82) is 0 Å². The van der Waals surface area contributed by atoms with Gasteiger partial charge in [0, 0.05) is 34.2 Å². The predicted octanol–water partition coefficient (Wildman–Crippen LogP) is 11.6. The maximum absolute atomic E-state index is 11.8. The summed E-state index contributed by atoms with van der Waals surface area (Å²) < 4.78 is 0. The molecule has 6 nitrogen and oxygen atoms in total. The van der Waals surface area contributed by atoms with Gasteiger partial charge in [0.15, 0.2) is 0 Å². The Morgan fingerprint density at radius 1 is 0.448 bits per heavy atom. The second kappa shape index (κ2) is 19.9. The van der Waals surface area contributed by atoms with Gasteiger partial charge in [-0.05, 0) is 183 Å². The van der Waals surface area contributed by atoms with Crippen molar-refractivity contribution >= 4 is 17.9 Å². The number of carboxylic acids is 3. The van der Waals surface area contributed by atoms with Crippen LogP contribution in [0.15, 0.2) is 69.9 Å². The zero-order valence-corrected chi connectivity index (χ0v) is 45.0. The topological polar surface area (TPSA) is 120 Å². The van der Waals surface area contributed by atoms with Crippen LogP contribution in [0, 0.1) is 85.8 Å². The van der Waals surface area contributed by atoms with E-state index in [2.05, 4.69) is 98.8 Å². The first-order chi connectivity index (χ1) is 30.9. The van der Waals surface area contributed by atoms with Gasteiger partial charge in [-0.15, -0.1) is 0 Å². The van der Waals surface area contributed by atoms with E-state index in [4.69, 9.17) is 0 Å². The van der Waals surface area contributed by atoms with Gasteiger partial charge in [0.05, 0.1) is 0 Å². The van der Waals surface area contributed by atoms with Crippen LogP contribution in [0.5, 0.6) is 0 Å². The average Bonchev–Trinajstić information content (AvgIpc) is 3.26. The molecule has 12 atom stereocenters. The summed E-state index contributed by atoms with van der Waals surface area (Å²) in [6, 6.07) is 0. The maximum Gasteiger partial charge on any atom is 3.00 e. The molecule has 0 N–H and O–H groups in total. The second-order valence-electron chi connectivity index (χ2n) is 25.6. The van der Waals surface area contributed by atoms with Crippen LogP contribution in [0.4, 0.5) is 0 Å². The molecule has 9 rings (SSSR count). The Balaban J connectivity index is 0.000000165. The number of carbonyl (C=O) groups excluding carboxylic acids is 3. The molecule has 9 aliphatic carbocycles. The molecule has 0 unspecified atom stereocenters. The minimum absolute atomic E-state index is 0. The van der Waals surface area contributed by atoms with E-state index in [1.165, 1.54) is 55.2 Å². The summed E-state index contributed by atoms with van der Waals surface area (Å²) in [5.41, 5.74) is 7.52. The molecule has 0 amide bonds. The zero-order valence-electron chi connectivity index (χ0n) is 43.7. The SMILES string of the molecule is CC(C)C1=CC2=CC[C@@H]3[C@](C)(CCC[C@@]3(C)C(=O)[O-])[C@H]2CC1.CC(C)C1=CC2=CC[C@@H]3[C@](C)(CCC[C@@]3(C)C(=O)[O-])[C@H]2CC1.CC(C)C1=CC2=CC[C@@H]3[C@](C)(CCC[C@@]3(C)C(=O)[O-])[C@H]2CC1.[Cr+3]. The third-order valence-electron chi connectivity index (χ3n) is 21.1. The van der Waals surface area contributed by atoms with Crippen molar-refractivity contribution < 1.29 is 47.1 Å². The van der Waals surface area contributed by atoms with Gasteiger partial charge in [-0.25, -0.2) is 0 Å². The van der Waals surface area contributed by atoms with Crippen molar-refractivity contribution in [1.82, 2.24) is 0 Å². The Labute approximate surface area is 417 Å². The Hall–Kier alpha value is -2.62. The first-order valence-corrected chi connectivity index (χ1v) is 26.7. The smallest absolute Gasteiger partial charge is 0.550 e. The van der Waals surface area contributed by atoms with E-state index >= 15 is 0 Å². The van der Waals surface area contributed by atoms with Gasteiger partial charge in [-0.3, -0.25) is 0 Å². The number of aliphatic carboxylic acids is 3. The monoisotopic (exact) mass is 956 g/mol. The first-order valence-electron chi connectivity index (χ1n) is 26.7. The molecule has 369 valence electrons. The van der Waals surface area contributed by atoms with E-state index < -0.39 is 34.2 Å². The average molecular weight is 956 g/mol. The van der Waals surface area contributed by atoms with Gasteiger partial charge in [0.2, 0.25) is 0 Å². The maximum atomic E-state index is 11.8.